The van der Waals surface area contributed by atoms with Crippen LogP contribution in [0, 0.1) is 0 Å². The highest BCUT2D eigenvalue weighted by Gasteiger charge is 2.32. The van der Waals surface area contributed by atoms with Crippen molar-refractivity contribution in [3.05, 3.63) is 107 Å². The van der Waals surface area contributed by atoms with E-state index >= 15 is 0 Å². The van der Waals surface area contributed by atoms with Gasteiger partial charge in [-0.05, 0) is 47.0 Å². The highest BCUT2D eigenvalue weighted by Crippen LogP contribution is 2.39. The third-order valence-corrected chi connectivity index (χ3v) is 10.6. The fourth-order valence-corrected chi connectivity index (χ4v) is 7.10. The molecule has 2 aliphatic rings. The van der Waals surface area contributed by atoms with Crippen molar-refractivity contribution in [3.63, 3.8) is 0 Å². The second-order valence-electron chi connectivity index (χ2n) is 11.6. The molecular weight excluding hydrogens is 675 g/mol. The Bertz CT molecular complexity index is 1890. The number of carbonyl (C=O) groups is 2. The lowest BCUT2D eigenvalue weighted by Gasteiger charge is -2.37. The van der Waals surface area contributed by atoms with Gasteiger partial charge in [0.15, 0.2) is 6.61 Å². The summed E-state index contributed by atoms with van der Waals surface area (Å²) in [7, 11) is -1.95. The second-order valence-corrected chi connectivity index (χ2v) is 14.1. The summed E-state index contributed by atoms with van der Waals surface area (Å²) in [6, 6.07) is 26.1. The van der Waals surface area contributed by atoms with Gasteiger partial charge in [0.2, 0.25) is 5.91 Å². The zero-order valence-corrected chi connectivity index (χ0v) is 28.5. The third kappa shape index (κ3) is 7.61. The second kappa shape index (κ2) is 14.6. The number of nitrogens with one attached hydrogen (secondary N) is 1. The average Bonchev–Trinajstić information content (AvgIpc) is 3.10. The largest absolute Gasteiger partial charge is 0.482 e. The van der Waals surface area contributed by atoms with E-state index in [-0.39, 0.29) is 40.9 Å². The molecule has 0 aromatic heterocycles. The Kier molecular flexibility index (Phi) is 10.2. The number of benzene rings is 4. The van der Waals surface area contributed by atoms with Gasteiger partial charge in [0.1, 0.15) is 12.3 Å². The molecule has 2 aliphatic heterocycles. The molecule has 1 N–H and O–H groups in total. The van der Waals surface area contributed by atoms with E-state index in [2.05, 4.69) is 9.62 Å². The van der Waals surface area contributed by atoms with Crippen LogP contribution in [0.1, 0.15) is 11.6 Å². The molecule has 0 spiro atoms. The molecule has 13 heteroatoms. The van der Waals surface area contributed by atoms with Gasteiger partial charge in [-0.3, -0.25) is 24.1 Å². The predicted octanol–water partition coefficient (Wildman–Crippen LogP) is 5.72. The Morgan fingerprint density at radius 2 is 1.54 bits per heavy atom. The van der Waals surface area contributed by atoms with E-state index in [0.717, 1.165) is 29.8 Å². The molecule has 0 bridgehead atoms. The number of likely N-dealkylation sites (N-methyl/N-ethyl adjacent to an activating group) is 1. The number of ether oxygens (including phenoxy) is 2. The van der Waals surface area contributed by atoms with Crippen LogP contribution in [0.25, 0.3) is 11.1 Å². The van der Waals surface area contributed by atoms with Crippen LogP contribution in [0.5, 0.6) is 5.75 Å². The molecule has 10 nitrogen and oxygen atoms in total. The van der Waals surface area contributed by atoms with E-state index in [1.165, 1.54) is 11.0 Å². The molecule has 0 radical (unpaired) electrons. The first-order valence-electron chi connectivity index (χ1n) is 15.4. The molecule has 4 aromatic rings. The summed E-state index contributed by atoms with van der Waals surface area (Å²) >= 11 is 12.4. The van der Waals surface area contributed by atoms with Crippen molar-refractivity contribution in [2.75, 3.05) is 62.7 Å². The molecule has 2 amide bonds. The minimum absolute atomic E-state index is 0.190. The standard InChI is InChI=1S/C35H34Cl2N4O6S/c1-39(34(42)22-41-31-19-29(36)30(37)20-33(31)47-23-35(41)43)32(21-40-15-17-46-18-16-40)26-9-7-24(8-10-26)25-11-13-27(14-12-25)38-48(44,45)28-5-3-2-4-6-28/h2-14,19-20,32,38H,15-18,21-23H2,1H3. The Labute approximate surface area is 289 Å². The predicted molar refractivity (Wildman–Crippen MR) is 186 cm³/mol. The maximum Gasteiger partial charge on any atom is 0.265 e. The SMILES string of the molecule is CN(C(=O)CN1C(=O)COc2cc(Cl)c(Cl)cc21)C(CN1CCOCC1)c1ccc(-c2ccc(NS(=O)(=O)c3ccccc3)cc2)cc1. The smallest absolute Gasteiger partial charge is 0.265 e. The molecule has 0 aliphatic carbocycles. The first-order valence-corrected chi connectivity index (χ1v) is 17.6. The molecule has 250 valence electrons. The summed E-state index contributed by atoms with van der Waals surface area (Å²) in [5.74, 6) is -0.213. The van der Waals surface area contributed by atoms with Gasteiger partial charge in [-0.15, -0.1) is 0 Å². The number of hydrogen-bond acceptors (Lipinski definition) is 7. The number of carbonyl (C=O) groups excluding carboxylic acids is 2. The Balaban J connectivity index is 1.20. The van der Waals surface area contributed by atoms with E-state index < -0.39 is 10.0 Å². The molecule has 1 atom stereocenters. The maximum atomic E-state index is 13.8. The quantitative estimate of drug-likeness (QED) is 0.225. The van der Waals surface area contributed by atoms with Crippen molar-refractivity contribution in [2.45, 2.75) is 10.9 Å². The molecule has 6 rings (SSSR count). The van der Waals surface area contributed by atoms with Crippen molar-refractivity contribution in [1.82, 2.24) is 9.80 Å². The van der Waals surface area contributed by atoms with Gasteiger partial charge in [0.25, 0.3) is 15.9 Å². The zero-order chi connectivity index (χ0) is 33.8. The summed E-state index contributed by atoms with van der Waals surface area (Å²) < 4.78 is 39.2. The van der Waals surface area contributed by atoms with Gasteiger partial charge >= 0.3 is 0 Å². The fourth-order valence-electron chi connectivity index (χ4n) is 5.71. The van der Waals surface area contributed by atoms with E-state index in [0.29, 0.717) is 41.9 Å². The van der Waals surface area contributed by atoms with Gasteiger partial charge in [-0.25, -0.2) is 8.42 Å². The Morgan fingerprint density at radius 3 is 2.21 bits per heavy atom. The zero-order valence-electron chi connectivity index (χ0n) is 26.1. The lowest BCUT2D eigenvalue weighted by atomic mass is 9.99. The van der Waals surface area contributed by atoms with Gasteiger partial charge < -0.3 is 14.4 Å². The van der Waals surface area contributed by atoms with E-state index in [1.54, 1.807) is 60.5 Å². The van der Waals surface area contributed by atoms with Crippen LogP contribution in [-0.4, -0.2) is 83.1 Å². The number of anilines is 2. The Hall–Kier alpha value is -4.13. The number of halogens is 2. The fraction of sp³-hybridized carbons (Fsp3) is 0.257. The minimum Gasteiger partial charge on any atom is -0.482 e. The molecule has 4 aromatic carbocycles. The van der Waals surface area contributed by atoms with Crippen LogP contribution in [0.4, 0.5) is 11.4 Å². The molecule has 1 saturated heterocycles. The van der Waals surface area contributed by atoms with Crippen LogP contribution < -0.4 is 14.4 Å². The molecular formula is C35H34Cl2N4O6S. The maximum absolute atomic E-state index is 13.8. The minimum atomic E-state index is -3.70. The number of fused-ring (bicyclic) bond motifs is 1. The monoisotopic (exact) mass is 708 g/mol. The molecule has 1 unspecified atom stereocenters. The number of nitrogens with zero attached hydrogens (tertiary/aromatic N) is 3. The van der Waals surface area contributed by atoms with Crippen molar-refractivity contribution in [3.8, 4) is 16.9 Å². The molecule has 1 fully saturated rings. The topological polar surface area (TPSA) is 108 Å². The molecule has 2 heterocycles. The lowest BCUT2D eigenvalue weighted by Crippen LogP contribution is -2.48. The van der Waals surface area contributed by atoms with Crippen LogP contribution in [0.3, 0.4) is 0 Å². The highest BCUT2D eigenvalue weighted by atomic mass is 35.5. The number of amides is 2. The van der Waals surface area contributed by atoms with Gasteiger partial charge in [0, 0.05) is 38.4 Å². The van der Waals surface area contributed by atoms with Crippen molar-refractivity contribution in [1.29, 1.82) is 0 Å². The van der Waals surface area contributed by atoms with Crippen LogP contribution in [0.2, 0.25) is 10.0 Å². The number of morpholine rings is 1. The number of rotatable bonds is 10. The van der Waals surface area contributed by atoms with Gasteiger partial charge in [-0.1, -0.05) is 77.8 Å². The van der Waals surface area contributed by atoms with Gasteiger partial charge in [0.05, 0.1) is 39.9 Å². The van der Waals surface area contributed by atoms with Crippen LogP contribution >= 0.6 is 23.2 Å². The average molecular weight is 710 g/mol. The first kappa shape index (κ1) is 33.8. The summed E-state index contributed by atoms with van der Waals surface area (Å²) in [6.07, 6.45) is 0. The summed E-state index contributed by atoms with van der Waals surface area (Å²) in [6.45, 7) is 2.89. The van der Waals surface area contributed by atoms with E-state index in [1.807, 2.05) is 36.4 Å². The number of hydrogen-bond donors (Lipinski definition) is 1. The van der Waals surface area contributed by atoms with E-state index in [9.17, 15) is 18.0 Å². The van der Waals surface area contributed by atoms with E-state index in [4.69, 9.17) is 32.7 Å². The number of sulfonamides is 1. The summed E-state index contributed by atoms with van der Waals surface area (Å²) in [4.78, 5) is 32.2. The first-order chi connectivity index (χ1) is 23.1. The van der Waals surface area contributed by atoms with Gasteiger partial charge in [-0.2, -0.15) is 0 Å². The van der Waals surface area contributed by atoms with Crippen LogP contribution in [0.15, 0.2) is 95.9 Å². The summed E-state index contributed by atoms with van der Waals surface area (Å²) in [5, 5.41) is 0.554. The summed E-state index contributed by atoms with van der Waals surface area (Å²) in [5.41, 5.74) is 3.62. The normalized spacial score (nSPS) is 15.7. The lowest BCUT2D eigenvalue weighted by molar-refractivity contribution is -0.133. The van der Waals surface area contributed by atoms with Crippen LogP contribution in [-0.2, 0) is 24.3 Å². The Morgan fingerprint density at radius 1 is 0.917 bits per heavy atom. The van der Waals surface area contributed by atoms with Crippen molar-refractivity contribution >= 4 is 56.4 Å². The molecule has 0 saturated carbocycles. The van der Waals surface area contributed by atoms with Crippen molar-refractivity contribution in [2.24, 2.45) is 0 Å². The van der Waals surface area contributed by atoms with Crippen molar-refractivity contribution < 1.29 is 27.5 Å². The third-order valence-electron chi connectivity index (χ3n) is 8.45. The molecule has 48 heavy (non-hydrogen) atoms. The highest BCUT2D eigenvalue weighted by molar-refractivity contribution is 7.92.